The molecule has 1 unspecified atom stereocenters. The van der Waals surface area contributed by atoms with E-state index in [0.29, 0.717) is 24.2 Å². The monoisotopic (exact) mass is 238 g/mol. The second kappa shape index (κ2) is 6.50. The van der Waals surface area contributed by atoms with Gasteiger partial charge in [-0.05, 0) is 30.5 Å². The molecule has 1 aromatic rings. The molecule has 0 aliphatic carbocycles. The number of halogens is 1. The summed E-state index contributed by atoms with van der Waals surface area (Å²) in [6.07, 6.45) is 0.598. The predicted octanol–water partition coefficient (Wildman–Crippen LogP) is 3.58. The van der Waals surface area contributed by atoms with Crippen LogP contribution in [0.25, 0.3) is 0 Å². The third-order valence-corrected chi connectivity index (χ3v) is 2.63. The molecule has 0 spiro atoms. The zero-order chi connectivity index (χ0) is 12.8. The Balaban J connectivity index is 2.95. The number of aryl methyl sites for hydroxylation is 1. The second-order valence-electron chi connectivity index (χ2n) is 4.08. The lowest BCUT2D eigenvalue weighted by atomic mass is 10.0. The van der Waals surface area contributed by atoms with E-state index in [0.717, 1.165) is 6.42 Å². The summed E-state index contributed by atoms with van der Waals surface area (Å²) in [5.41, 5.74) is 1.18. The summed E-state index contributed by atoms with van der Waals surface area (Å²) in [7, 11) is 0. The van der Waals surface area contributed by atoms with Gasteiger partial charge >= 0.3 is 0 Å². The maximum Gasteiger partial charge on any atom is 0.165 e. The number of hydrogen-bond donors (Lipinski definition) is 0. The minimum atomic E-state index is -0.630. The molecule has 0 heterocycles. The smallest absolute Gasteiger partial charge is 0.165 e. The predicted molar refractivity (Wildman–Crippen MR) is 65.4 cm³/mol. The van der Waals surface area contributed by atoms with Crippen molar-refractivity contribution in [3.8, 4) is 0 Å². The van der Waals surface area contributed by atoms with Gasteiger partial charge in [-0.15, -0.1) is 0 Å². The lowest BCUT2D eigenvalue weighted by molar-refractivity contribution is -0.130. The van der Waals surface area contributed by atoms with Crippen LogP contribution in [0.4, 0.5) is 4.39 Å². The lowest BCUT2D eigenvalue weighted by Crippen LogP contribution is -2.16. The van der Waals surface area contributed by atoms with Crippen LogP contribution in [0.15, 0.2) is 18.2 Å². The third kappa shape index (κ3) is 3.63. The highest BCUT2D eigenvalue weighted by molar-refractivity contribution is 5.84. The van der Waals surface area contributed by atoms with Gasteiger partial charge in [0.1, 0.15) is 11.9 Å². The van der Waals surface area contributed by atoms with Gasteiger partial charge in [0.2, 0.25) is 0 Å². The minimum Gasteiger partial charge on any atom is -0.366 e. The summed E-state index contributed by atoms with van der Waals surface area (Å²) in [6, 6.07) is 4.82. The fourth-order valence-corrected chi connectivity index (χ4v) is 1.57. The Morgan fingerprint density at radius 1 is 1.41 bits per heavy atom. The molecule has 0 aliphatic rings. The molecule has 2 nitrogen and oxygen atoms in total. The van der Waals surface area contributed by atoms with E-state index < -0.39 is 6.10 Å². The van der Waals surface area contributed by atoms with Crippen LogP contribution in [-0.2, 0) is 9.53 Å². The number of carbonyl (C=O) groups excluding carboxylic acids is 1. The van der Waals surface area contributed by atoms with Crippen molar-refractivity contribution in [3.63, 3.8) is 0 Å². The van der Waals surface area contributed by atoms with E-state index in [9.17, 15) is 9.18 Å². The molecule has 94 valence electrons. The molecule has 0 amide bonds. The van der Waals surface area contributed by atoms with E-state index in [1.54, 1.807) is 26.0 Å². The van der Waals surface area contributed by atoms with Crippen LogP contribution in [0.5, 0.6) is 0 Å². The highest BCUT2D eigenvalue weighted by Crippen LogP contribution is 2.22. The van der Waals surface area contributed by atoms with Gasteiger partial charge in [-0.2, -0.15) is 0 Å². The zero-order valence-corrected chi connectivity index (χ0v) is 10.6. The molecular weight excluding hydrogens is 219 g/mol. The van der Waals surface area contributed by atoms with Crippen molar-refractivity contribution in [2.24, 2.45) is 0 Å². The number of ketones is 1. The van der Waals surface area contributed by atoms with E-state index >= 15 is 0 Å². The quantitative estimate of drug-likeness (QED) is 0.757. The van der Waals surface area contributed by atoms with E-state index in [1.165, 1.54) is 6.07 Å². The van der Waals surface area contributed by atoms with Crippen LogP contribution in [0.2, 0.25) is 0 Å². The fourth-order valence-electron chi connectivity index (χ4n) is 1.57. The zero-order valence-electron chi connectivity index (χ0n) is 10.6. The summed E-state index contributed by atoms with van der Waals surface area (Å²) >= 11 is 0. The summed E-state index contributed by atoms with van der Waals surface area (Å²) in [6.45, 7) is 5.97. The molecule has 0 N–H and O–H groups in total. The Bertz CT molecular complexity index is 388. The number of ether oxygens (including phenoxy) is 1. The van der Waals surface area contributed by atoms with E-state index in [1.807, 2.05) is 6.92 Å². The molecule has 0 fully saturated rings. The molecule has 1 rings (SSSR count). The molecule has 0 bridgehead atoms. The molecule has 0 aliphatic heterocycles. The Labute approximate surface area is 102 Å². The Hall–Kier alpha value is -1.22. The van der Waals surface area contributed by atoms with Crippen molar-refractivity contribution in [1.29, 1.82) is 0 Å². The minimum absolute atomic E-state index is 0.0123. The molecule has 0 aromatic heterocycles. The van der Waals surface area contributed by atoms with Gasteiger partial charge in [0.15, 0.2) is 5.78 Å². The van der Waals surface area contributed by atoms with Crippen LogP contribution in [0.3, 0.4) is 0 Å². The highest BCUT2D eigenvalue weighted by Gasteiger charge is 2.20. The molecule has 17 heavy (non-hydrogen) atoms. The average Bonchev–Trinajstić information content (AvgIpc) is 2.33. The van der Waals surface area contributed by atoms with Crippen molar-refractivity contribution >= 4 is 5.78 Å². The first-order valence-electron chi connectivity index (χ1n) is 6.00. The van der Waals surface area contributed by atoms with Crippen LogP contribution in [0, 0.1) is 12.7 Å². The number of rotatable bonds is 6. The van der Waals surface area contributed by atoms with Crippen LogP contribution in [-0.4, -0.2) is 12.4 Å². The van der Waals surface area contributed by atoms with Crippen LogP contribution in [0.1, 0.15) is 43.9 Å². The molecule has 1 aromatic carbocycles. The molecule has 0 radical (unpaired) electrons. The normalized spacial score (nSPS) is 12.5. The van der Waals surface area contributed by atoms with Crippen molar-refractivity contribution in [2.75, 3.05) is 6.61 Å². The summed E-state index contributed by atoms with van der Waals surface area (Å²) < 4.78 is 19.0. The van der Waals surface area contributed by atoms with E-state index in [-0.39, 0.29) is 11.6 Å². The SMILES string of the molecule is CCCOC(C(=O)CC)c1ccc(C)c(F)c1. The molecule has 3 heteroatoms. The van der Waals surface area contributed by atoms with Gasteiger partial charge in [0, 0.05) is 13.0 Å². The number of hydrogen-bond acceptors (Lipinski definition) is 2. The molecule has 0 saturated carbocycles. The van der Waals surface area contributed by atoms with Gasteiger partial charge in [-0.3, -0.25) is 4.79 Å². The van der Waals surface area contributed by atoms with E-state index in [2.05, 4.69) is 0 Å². The maximum atomic E-state index is 13.5. The summed E-state index contributed by atoms with van der Waals surface area (Å²) in [4.78, 5) is 11.8. The Morgan fingerprint density at radius 3 is 2.65 bits per heavy atom. The second-order valence-corrected chi connectivity index (χ2v) is 4.08. The van der Waals surface area contributed by atoms with Crippen molar-refractivity contribution in [2.45, 2.75) is 39.7 Å². The summed E-state index contributed by atoms with van der Waals surface area (Å²) in [5, 5.41) is 0. The third-order valence-electron chi connectivity index (χ3n) is 2.63. The molecule has 0 saturated heterocycles. The highest BCUT2D eigenvalue weighted by atomic mass is 19.1. The molecule has 1 atom stereocenters. The maximum absolute atomic E-state index is 13.5. The van der Waals surface area contributed by atoms with Crippen molar-refractivity contribution in [3.05, 3.63) is 35.1 Å². The van der Waals surface area contributed by atoms with Crippen LogP contribution >= 0.6 is 0 Å². The topological polar surface area (TPSA) is 26.3 Å². The number of Topliss-reactive ketones (excluding diaryl/α,β-unsaturated/α-hetero) is 1. The largest absolute Gasteiger partial charge is 0.366 e. The average molecular weight is 238 g/mol. The van der Waals surface area contributed by atoms with Gasteiger partial charge in [0.25, 0.3) is 0 Å². The Morgan fingerprint density at radius 2 is 2.12 bits per heavy atom. The first kappa shape index (κ1) is 13.8. The van der Waals surface area contributed by atoms with Gasteiger partial charge in [0.05, 0.1) is 0 Å². The summed E-state index contributed by atoms with van der Waals surface area (Å²) in [5.74, 6) is -0.307. The lowest BCUT2D eigenvalue weighted by Gasteiger charge is -2.16. The molecular formula is C14H19FO2. The van der Waals surface area contributed by atoms with Gasteiger partial charge in [-0.25, -0.2) is 4.39 Å². The Kier molecular flexibility index (Phi) is 5.29. The van der Waals surface area contributed by atoms with E-state index in [4.69, 9.17) is 4.74 Å². The van der Waals surface area contributed by atoms with Gasteiger partial charge in [-0.1, -0.05) is 26.0 Å². The first-order valence-corrected chi connectivity index (χ1v) is 6.00. The first-order chi connectivity index (χ1) is 8.10. The standard InChI is InChI=1S/C14H19FO2/c1-4-8-17-14(13(16)5-2)11-7-6-10(3)12(15)9-11/h6-7,9,14H,4-5,8H2,1-3H3. The number of benzene rings is 1. The van der Waals surface area contributed by atoms with Crippen molar-refractivity contribution in [1.82, 2.24) is 0 Å². The van der Waals surface area contributed by atoms with Gasteiger partial charge < -0.3 is 4.74 Å². The van der Waals surface area contributed by atoms with Crippen molar-refractivity contribution < 1.29 is 13.9 Å². The number of carbonyl (C=O) groups is 1. The van der Waals surface area contributed by atoms with Crippen LogP contribution < -0.4 is 0 Å². The fraction of sp³-hybridized carbons (Fsp3) is 0.500.